The van der Waals surface area contributed by atoms with E-state index in [0.29, 0.717) is 13.0 Å². The molecule has 3 heteroatoms. The lowest BCUT2D eigenvalue weighted by Crippen LogP contribution is -2.61. The molecule has 0 aromatic rings. The lowest BCUT2D eigenvalue weighted by Gasteiger charge is -2.58. The van der Waals surface area contributed by atoms with Crippen molar-refractivity contribution in [2.24, 2.45) is 10.8 Å². The van der Waals surface area contributed by atoms with Crippen molar-refractivity contribution in [1.82, 2.24) is 0 Å². The Morgan fingerprint density at radius 3 is 1.94 bits per heavy atom. The fourth-order valence-electron chi connectivity index (χ4n) is 3.83. The van der Waals surface area contributed by atoms with E-state index in [4.69, 9.17) is 4.74 Å². The van der Waals surface area contributed by atoms with Crippen LogP contribution in [0.5, 0.6) is 0 Å². The number of rotatable bonds is 2. The molecule has 1 aliphatic heterocycles. The van der Waals surface area contributed by atoms with Gasteiger partial charge in [0.05, 0.1) is 24.4 Å². The maximum atomic E-state index is 10.7. The molecule has 0 aromatic heterocycles. The Morgan fingerprint density at radius 1 is 1.06 bits per heavy atom. The van der Waals surface area contributed by atoms with Crippen LogP contribution >= 0.6 is 0 Å². The lowest BCUT2D eigenvalue weighted by molar-refractivity contribution is -0.194. The number of hydrogen-bond acceptors (Lipinski definition) is 3. The van der Waals surface area contributed by atoms with E-state index in [1.165, 1.54) is 0 Å². The normalized spacial score (nSPS) is 39.4. The van der Waals surface area contributed by atoms with E-state index in [1.54, 1.807) is 0 Å². The Kier molecular flexibility index (Phi) is 2.48. The largest absolute Gasteiger partial charge is 0.396 e. The zero-order chi connectivity index (χ0) is 12.2. The molecular weight excluding hydrogens is 204 g/mol. The van der Waals surface area contributed by atoms with Crippen LogP contribution in [-0.2, 0) is 4.74 Å². The molecule has 1 saturated carbocycles. The third kappa shape index (κ3) is 1.69. The summed E-state index contributed by atoms with van der Waals surface area (Å²) in [5.41, 5.74) is -1.22. The zero-order valence-electron chi connectivity index (χ0n) is 10.8. The Morgan fingerprint density at radius 2 is 1.62 bits per heavy atom. The molecule has 2 aliphatic rings. The first-order valence-corrected chi connectivity index (χ1v) is 6.11. The van der Waals surface area contributed by atoms with Gasteiger partial charge in [-0.1, -0.05) is 13.8 Å². The number of hydrogen-bond donors (Lipinski definition) is 2. The van der Waals surface area contributed by atoms with Crippen molar-refractivity contribution in [3.63, 3.8) is 0 Å². The highest BCUT2D eigenvalue weighted by Crippen LogP contribution is 2.62. The Balaban J connectivity index is 2.18. The molecule has 0 aromatic carbocycles. The maximum absolute atomic E-state index is 10.7. The summed E-state index contributed by atoms with van der Waals surface area (Å²) in [5.74, 6) is 0. The van der Waals surface area contributed by atoms with E-state index in [2.05, 4.69) is 13.8 Å². The Hall–Kier alpha value is -0.120. The van der Waals surface area contributed by atoms with Gasteiger partial charge in [-0.2, -0.15) is 0 Å². The van der Waals surface area contributed by atoms with Crippen molar-refractivity contribution < 1.29 is 14.9 Å². The van der Waals surface area contributed by atoms with E-state index in [-0.39, 0.29) is 23.0 Å². The molecule has 1 unspecified atom stereocenters. The SMILES string of the molecule is CC1(C)CC(CO)(C2(O)COC(C)(C)C2)C1. The summed E-state index contributed by atoms with van der Waals surface area (Å²) in [5, 5.41) is 20.4. The molecule has 0 radical (unpaired) electrons. The molecule has 16 heavy (non-hydrogen) atoms. The van der Waals surface area contributed by atoms with Crippen LogP contribution in [-0.4, -0.2) is 34.6 Å². The van der Waals surface area contributed by atoms with Gasteiger partial charge in [0, 0.05) is 11.8 Å². The molecule has 0 amide bonds. The van der Waals surface area contributed by atoms with Crippen LogP contribution in [0.3, 0.4) is 0 Å². The standard InChI is InChI=1S/C13H24O3/c1-10(2)5-12(6-10,8-14)13(15)7-11(3,4)16-9-13/h14-15H,5-9H2,1-4H3. The van der Waals surface area contributed by atoms with Gasteiger partial charge in [0.2, 0.25) is 0 Å². The monoisotopic (exact) mass is 228 g/mol. The summed E-state index contributed by atoms with van der Waals surface area (Å²) in [7, 11) is 0. The summed E-state index contributed by atoms with van der Waals surface area (Å²) in [4.78, 5) is 0. The summed E-state index contributed by atoms with van der Waals surface area (Å²) >= 11 is 0. The van der Waals surface area contributed by atoms with E-state index in [9.17, 15) is 10.2 Å². The molecule has 1 saturated heterocycles. The van der Waals surface area contributed by atoms with E-state index < -0.39 is 5.60 Å². The van der Waals surface area contributed by atoms with Crippen molar-refractivity contribution in [2.75, 3.05) is 13.2 Å². The first kappa shape index (κ1) is 12.3. The summed E-state index contributed by atoms with van der Waals surface area (Å²) < 4.78 is 5.65. The third-order valence-electron chi connectivity index (χ3n) is 4.34. The molecule has 1 atom stereocenters. The Bertz CT molecular complexity index is 288. The zero-order valence-corrected chi connectivity index (χ0v) is 10.8. The first-order valence-electron chi connectivity index (χ1n) is 6.11. The van der Waals surface area contributed by atoms with E-state index >= 15 is 0 Å². The molecule has 0 bridgehead atoms. The van der Waals surface area contributed by atoms with Crippen LogP contribution in [0.4, 0.5) is 0 Å². The second kappa shape index (κ2) is 3.21. The van der Waals surface area contributed by atoms with Gasteiger partial charge in [-0.15, -0.1) is 0 Å². The summed E-state index contributed by atoms with van der Waals surface area (Å²) in [6, 6.07) is 0. The quantitative estimate of drug-likeness (QED) is 0.756. The molecule has 2 rings (SSSR count). The minimum atomic E-state index is -0.846. The predicted molar refractivity (Wildman–Crippen MR) is 62.1 cm³/mol. The first-order chi connectivity index (χ1) is 7.14. The molecule has 3 nitrogen and oxygen atoms in total. The highest BCUT2D eigenvalue weighted by Gasteiger charge is 2.63. The second-order valence-electron chi connectivity index (χ2n) is 7.21. The van der Waals surface area contributed by atoms with Crippen molar-refractivity contribution >= 4 is 0 Å². The summed E-state index contributed by atoms with van der Waals surface area (Å²) in [6.45, 7) is 8.79. The minimum Gasteiger partial charge on any atom is -0.396 e. The van der Waals surface area contributed by atoms with Gasteiger partial charge in [-0.05, 0) is 32.1 Å². The van der Waals surface area contributed by atoms with Gasteiger partial charge in [0.25, 0.3) is 0 Å². The van der Waals surface area contributed by atoms with Crippen molar-refractivity contribution in [3.8, 4) is 0 Å². The predicted octanol–water partition coefficient (Wildman–Crippen LogP) is 1.72. The van der Waals surface area contributed by atoms with Gasteiger partial charge >= 0.3 is 0 Å². The van der Waals surface area contributed by atoms with Crippen LogP contribution in [0, 0.1) is 10.8 Å². The van der Waals surface area contributed by atoms with Gasteiger partial charge in [-0.3, -0.25) is 0 Å². The van der Waals surface area contributed by atoms with Crippen LogP contribution in [0.25, 0.3) is 0 Å². The summed E-state index contributed by atoms with van der Waals surface area (Å²) in [6.07, 6.45) is 2.38. The molecule has 1 heterocycles. The fraction of sp³-hybridized carbons (Fsp3) is 1.00. The topological polar surface area (TPSA) is 49.7 Å². The maximum Gasteiger partial charge on any atom is 0.0985 e. The Labute approximate surface area is 97.8 Å². The van der Waals surface area contributed by atoms with Crippen LogP contribution in [0.2, 0.25) is 0 Å². The molecular formula is C13H24O3. The van der Waals surface area contributed by atoms with Gasteiger partial charge in [0.15, 0.2) is 0 Å². The van der Waals surface area contributed by atoms with Crippen LogP contribution in [0.15, 0.2) is 0 Å². The number of ether oxygens (including phenoxy) is 1. The minimum absolute atomic E-state index is 0.0619. The van der Waals surface area contributed by atoms with E-state index in [1.807, 2.05) is 13.8 Å². The average molecular weight is 228 g/mol. The lowest BCUT2D eigenvalue weighted by atomic mass is 9.48. The average Bonchev–Trinajstić information content (AvgIpc) is 2.37. The molecule has 0 spiro atoms. The van der Waals surface area contributed by atoms with E-state index in [0.717, 1.165) is 12.8 Å². The number of aliphatic hydroxyl groups excluding tert-OH is 1. The van der Waals surface area contributed by atoms with Crippen molar-refractivity contribution in [2.45, 2.75) is 58.2 Å². The van der Waals surface area contributed by atoms with Crippen LogP contribution in [0.1, 0.15) is 47.0 Å². The third-order valence-corrected chi connectivity index (χ3v) is 4.34. The fourth-order valence-corrected chi connectivity index (χ4v) is 3.83. The smallest absolute Gasteiger partial charge is 0.0985 e. The van der Waals surface area contributed by atoms with Gasteiger partial charge in [0.1, 0.15) is 0 Å². The van der Waals surface area contributed by atoms with Crippen LogP contribution < -0.4 is 0 Å². The highest BCUT2D eigenvalue weighted by atomic mass is 16.5. The van der Waals surface area contributed by atoms with Gasteiger partial charge in [-0.25, -0.2) is 0 Å². The number of aliphatic hydroxyl groups is 2. The van der Waals surface area contributed by atoms with Crippen molar-refractivity contribution in [1.29, 1.82) is 0 Å². The molecule has 2 N–H and O–H groups in total. The molecule has 1 aliphatic carbocycles. The van der Waals surface area contributed by atoms with Gasteiger partial charge < -0.3 is 14.9 Å². The molecule has 94 valence electrons. The molecule has 2 fully saturated rings. The second-order valence-corrected chi connectivity index (χ2v) is 7.21. The highest BCUT2D eigenvalue weighted by molar-refractivity contribution is 5.13. The van der Waals surface area contributed by atoms with Crippen molar-refractivity contribution in [3.05, 3.63) is 0 Å².